The molecule has 1 aromatic rings. The number of nitrogens with zero attached hydrogens (tertiary/aromatic N) is 1. The van der Waals surface area contributed by atoms with Crippen molar-refractivity contribution >= 4 is 11.8 Å². The second-order valence-corrected chi connectivity index (χ2v) is 2.77. The van der Waals surface area contributed by atoms with Crippen LogP contribution >= 0.6 is 0 Å². The Morgan fingerprint density at radius 3 is 2.60 bits per heavy atom. The van der Waals surface area contributed by atoms with Gasteiger partial charge in [0, 0.05) is 0 Å². The van der Waals surface area contributed by atoms with E-state index in [2.05, 4.69) is 4.98 Å². The normalized spacial score (nSPS) is 10.7. The maximum atomic E-state index is 13.0. The van der Waals surface area contributed by atoms with Gasteiger partial charge in [-0.1, -0.05) is 0 Å². The van der Waals surface area contributed by atoms with Gasteiger partial charge in [0.1, 0.15) is 11.6 Å². The van der Waals surface area contributed by atoms with E-state index in [9.17, 15) is 18.0 Å². The molecular formula is C8H7F3N2O2. The number of hydrogen-bond donors (Lipinski definition) is 2. The van der Waals surface area contributed by atoms with E-state index in [0.29, 0.717) is 6.07 Å². The van der Waals surface area contributed by atoms with Crippen molar-refractivity contribution in [2.75, 3.05) is 5.73 Å². The molecule has 0 amide bonds. The molecule has 0 unspecified atom stereocenters. The predicted molar refractivity (Wildman–Crippen MR) is 44.9 cm³/mol. The van der Waals surface area contributed by atoms with E-state index in [1.54, 1.807) is 0 Å². The standard InChI is InChI=1S/C8H7F3N2O2/c9-4-1-3(2-5(14)15)13-8(12)6(4)7(10)11/h1,7H,2H2,(H2,12,13)(H,14,15). The topological polar surface area (TPSA) is 76.2 Å². The summed E-state index contributed by atoms with van der Waals surface area (Å²) in [6.07, 6.45) is -3.64. The van der Waals surface area contributed by atoms with Crippen molar-refractivity contribution in [2.45, 2.75) is 12.8 Å². The first-order chi connectivity index (χ1) is 6.91. The first-order valence-corrected chi connectivity index (χ1v) is 3.86. The molecule has 1 heterocycles. The van der Waals surface area contributed by atoms with Gasteiger partial charge in [-0.3, -0.25) is 4.79 Å². The van der Waals surface area contributed by atoms with Crippen LogP contribution in [0.15, 0.2) is 6.07 Å². The number of nitrogen functional groups attached to an aromatic ring is 1. The van der Waals surface area contributed by atoms with Crippen LogP contribution in [0.25, 0.3) is 0 Å². The zero-order chi connectivity index (χ0) is 11.6. The van der Waals surface area contributed by atoms with Crippen LogP contribution in [0.4, 0.5) is 19.0 Å². The molecule has 0 fully saturated rings. The van der Waals surface area contributed by atoms with Crippen LogP contribution in [-0.4, -0.2) is 16.1 Å². The summed E-state index contributed by atoms with van der Waals surface area (Å²) >= 11 is 0. The highest BCUT2D eigenvalue weighted by Gasteiger charge is 2.19. The van der Waals surface area contributed by atoms with Crippen LogP contribution in [0.1, 0.15) is 17.7 Å². The molecule has 3 N–H and O–H groups in total. The number of carboxylic acids is 1. The van der Waals surface area contributed by atoms with Crippen LogP contribution < -0.4 is 5.73 Å². The molecule has 4 nitrogen and oxygen atoms in total. The molecule has 0 aliphatic heterocycles. The fourth-order valence-corrected chi connectivity index (χ4v) is 1.06. The van der Waals surface area contributed by atoms with Crippen molar-refractivity contribution < 1.29 is 23.1 Å². The quantitative estimate of drug-likeness (QED) is 0.806. The number of rotatable bonds is 3. The molecule has 0 spiro atoms. The summed E-state index contributed by atoms with van der Waals surface area (Å²) in [7, 11) is 0. The summed E-state index contributed by atoms with van der Waals surface area (Å²) in [5.41, 5.74) is 3.89. The number of carboxylic acid groups (broad SMARTS) is 1. The number of alkyl halides is 2. The summed E-state index contributed by atoms with van der Waals surface area (Å²) in [6, 6.07) is 0.645. The largest absolute Gasteiger partial charge is 0.481 e. The molecule has 0 saturated carbocycles. The number of pyridine rings is 1. The van der Waals surface area contributed by atoms with Gasteiger partial charge in [0.25, 0.3) is 6.43 Å². The van der Waals surface area contributed by atoms with Gasteiger partial charge in [-0.05, 0) is 6.07 Å². The lowest BCUT2D eigenvalue weighted by Crippen LogP contribution is -2.08. The third-order valence-corrected chi connectivity index (χ3v) is 1.64. The Kier molecular flexibility index (Phi) is 3.13. The maximum Gasteiger partial charge on any atom is 0.309 e. The van der Waals surface area contributed by atoms with Crippen LogP contribution in [0.5, 0.6) is 0 Å². The van der Waals surface area contributed by atoms with Gasteiger partial charge >= 0.3 is 5.97 Å². The van der Waals surface area contributed by atoms with Crippen LogP contribution in [0, 0.1) is 5.82 Å². The van der Waals surface area contributed by atoms with Crippen LogP contribution in [-0.2, 0) is 11.2 Å². The molecule has 0 saturated heterocycles. The Labute approximate surface area is 82.5 Å². The second-order valence-electron chi connectivity index (χ2n) is 2.77. The zero-order valence-electron chi connectivity index (χ0n) is 7.38. The Bertz CT molecular complexity index is 372. The molecule has 0 bridgehead atoms. The van der Waals surface area contributed by atoms with Gasteiger partial charge in [0.15, 0.2) is 0 Å². The highest BCUT2D eigenvalue weighted by molar-refractivity contribution is 5.69. The number of halogens is 3. The van der Waals surface area contributed by atoms with Gasteiger partial charge in [0.2, 0.25) is 0 Å². The molecule has 0 aliphatic carbocycles. The molecule has 15 heavy (non-hydrogen) atoms. The van der Waals surface area contributed by atoms with Gasteiger partial charge in [-0.15, -0.1) is 0 Å². The van der Waals surface area contributed by atoms with Crippen molar-refractivity contribution in [2.24, 2.45) is 0 Å². The first kappa shape index (κ1) is 11.3. The fraction of sp³-hybridized carbons (Fsp3) is 0.250. The minimum atomic E-state index is -3.07. The number of aromatic nitrogens is 1. The number of hydrogen-bond acceptors (Lipinski definition) is 3. The molecule has 0 radical (unpaired) electrons. The smallest absolute Gasteiger partial charge is 0.309 e. The average molecular weight is 220 g/mol. The molecule has 0 aliphatic rings. The summed E-state index contributed by atoms with van der Waals surface area (Å²) in [6.45, 7) is 0. The lowest BCUT2D eigenvalue weighted by atomic mass is 10.2. The highest BCUT2D eigenvalue weighted by atomic mass is 19.3. The van der Waals surface area contributed by atoms with E-state index in [4.69, 9.17) is 10.8 Å². The van der Waals surface area contributed by atoms with E-state index in [1.807, 2.05) is 0 Å². The minimum Gasteiger partial charge on any atom is -0.481 e. The predicted octanol–water partition coefficient (Wildman–Crippen LogP) is 1.37. The van der Waals surface area contributed by atoms with Crippen LogP contribution in [0.3, 0.4) is 0 Å². The fourth-order valence-electron chi connectivity index (χ4n) is 1.06. The Morgan fingerprint density at radius 1 is 1.60 bits per heavy atom. The zero-order valence-corrected chi connectivity index (χ0v) is 7.38. The van der Waals surface area contributed by atoms with Crippen molar-refractivity contribution in [1.82, 2.24) is 4.98 Å². The van der Waals surface area contributed by atoms with Gasteiger partial charge < -0.3 is 10.8 Å². The van der Waals surface area contributed by atoms with Crippen molar-refractivity contribution in [3.63, 3.8) is 0 Å². The Morgan fingerprint density at radius 2 is 2.20 bits per heavy atom. The minimum absolute atomic E-state index is 0.193. The van der Waals surface area contributed by atoms with Crippen LogP contribution in [0.2, 0.25) is 0 Å². The van der Waals surface area contributed by atoms with E-state index in [0.717, 1.165) is 0 Å². The second kappa shape index (κ2) is 4.16. The monoisotopic (exact) mass is 220 g/mol. The van der Waals surface area contributed by atoms with Gasteiger partial charge in [0.05, 0.1) is 17.7 Å². The number of carbonyl (C=O) groups is 1. The summed E-state index contributed by atoms with van der Waals surface area (Å²) in [5, 5.41) is 8.38. The first-order valence-electron chi connectivity index (χ1n) is 3.86. The van der Waals surface area contributed by atoms with Gasteiger partial charge in [-0.2, -0.15) is 0 Å². The van der Waals surface area contributed by atoms with Crippen molar-refractivity contribution in [1.29, 1.82) is 0 Å². The number of nitrogens with two attached hydrogens (primary N) is 1. The average Bonchev–Trinajstić information content (AvgIpc) is 1.99. The van der Waals surface area contributed by atoms with Crippen molar-refractivity contribution in [3.05, 3.63) is 23.1 Å². The molecule has 0 atom stereocenters. The maximum absolute atomic E-state index is 13.0. The molecule has 1 rings (SSSR count). The molecular weight excluding hydrogens is 213 g/mol. The summed E-state index contributed by atoms with van der Waals surface area (Å²) < 4.78 is 37.4. The van der Waals surface area contributed by atoms with Crippen molar-refractivity contribution in [3.8, 4) is 0 Å². The summed E-state index contributed by atoms with van der Waals surface area (Å²) in [5.74, 6) is -3.17. The molecule has 82 valence electrons. The number of aliphatic carboxylic acids is 1. The van der Waals surface area contributed by atoms with Gasteiger partial charge in [-0.25, -0.2) is 18.2 Å². The Balaban J connectivity index is 3.13. The third-order valence-electron chi connectivity index (χ3n) is 1.64. The van der Waals surface area contributed by atoms with E-state index < -0.39 is 36.0 Å². The van der Waals surface area contributed by atoms with E-state index in [1.165, 1.54) is 0 Å². The SMILES string of the molecule is Nc1nc(CC(=O)O)cc(F)c1C(F)F. The van der Waals surface area contributed by atoms with E-state index in [-0.39, 0.29) is 5.69 Å². The lowest BCUT2D eigenvalue weighted by molar-refractivity contribution is -0.136. The lowest BCUT2D eigenvalue weighted by Gasteiger charge is -2.06. The highest BCUT2D eigenvalue weighted by Crippen LogP contribution is 2.26. The number of anilines is 1. The third kappa shape index (κ3) is 2.58. The molecule has 7 heteroatoms. The Hall–Kier alpha value is -1.79. The molecule has 1 aromatic heterocycles. The molecule has 0 aromatic carbocycles. The summed E-state index contributed by atoms with van der Waals surface area (Å²) in [4.78, 5) is 13.6. The van der Waals surface area contributed by atoms with E-state index >= 15 is 0 Å².